The molecule has 0 fully saturated rings. The fourth-order valence-electron chi connectivity index (χ4n) is 2.48. The Morgan fingerprint density at radius 3 is 2.67 bits per heavy atom. The molecule has 30 heavy (non-hydrogen) atoms. The molecule has 3 rings (SSSR count). The molecule has 2 N–H and O–H groups in total. The molecule has 0 saturated carbocycles. The molecular formula is C21H25N5O3S. The summed E-state index contributed by atoms with van der Waals surface area (Å²) < 4.78 is 10.8. The minimum atomic E-state index is -0.536. The normalized spacial score (nSPS) is 11.1. The van der Waals surface area contributed by atoms with E-state index in [1.807, 2.05) is 57.3 Å². The van der Waals surface area contributed by atoms with Gasteiger partial charge in [-0.05, 0) is 33.3 Å². The first-order valence-corrected chi connectivity index (χ1v) is 10.3. The minimum Gasteiger partial charge on any atom is -0.476 e. The number of alkyl carbamates (subject to hydrolysis) is 1. The number of anilines is 2. The van der Waals surface area contributed by atoms with E-state index in [1.54, 1.807) is 13.0 Å². The lowest BCUT2D eigenvalue weighted by Gasteiger charge is -2.19. The van der Waals surface area contributed by atoms with E-state index in [0.717, 1.165) is 15.6 Å². The van der Waals surface area contributed by atoms with Crippen molar-refractivity contribution in [2.75, 3.05) is 18.5 Å². The molecule has 0 unspecified atom stereocenters. The average Bonchev–Trinajstić information content (AvgIpc) is 3.13. The summed E-state index contributed by atoms with van der Waals surface area (Å²) in [6.45, 7) is 7.78. The predicted octanol–water partition coefficient (Wildman–Crippen LogP) is 4.56. The van der Waals surface area contributed by atoms with Gasteiger partial charge in [-0.3, -0.25) is 0 Å². The molecule has 8 nitrogen and oxygen atoms in total. The Morgan fingerprint density at radius 2 is 1.93 bits per heavy atom. The molecule has 1 amide bonds. The highest BCUT2D eigenvalue weighted by Crippen LogP contribution is 2.30. The number of hydrogen-bond acceptors (Lipinski definition) is 8. The van der Waals surface area contributed by atoms with Crippen molar-refractivity contribution < 1.29 is 14.3 Å². The molecule has 158 valence electrons. The zero-order chi connectivity index (χ0) is 21.6. The van der Waals surface area contributed by atoms with Crippen LogP contribution in [0.3, 0.4) is 0 Å². The van der Waals surface area contributed by atoms with E-state index in [-0.39, 0.29) is 6.61 Å². The molecule has 2 heterocycles. The Kier molecular flexibility index (Phi) is 6.83. The summed E-state index contributed by atoms with van der Waals surface area (Å²) in [5, 5.41) is 6.57. The number of nitrogens with one attached hydrogen (secondary N) is 2. The van der Waals surface area contributed by atoms with Gasteiger partial charge in [-0.15, -0.1) is 0 Å². The molecule has 9 heteroatoms. The lowest BCUT2D eigenvalue weighted by Crippen LogP contribution is -2.34. The van der Waals surface area contributed by atoms with Crippen LogP contribution < -0.4 is 15.4 Å². The maximum Gasteiger partial charge on any atom is 0.407 e. The predicted molar refractivity (Wildman–Crippen MR) is 117 cm³/mol. The molecule has 0 radical (unpaired) electrons. The standard InChI is InChI=1S/C21H25N5O3S/c1-14-24-17(26-19-23-13-16(30-19)15-8-6-5-7-9-15)12-18(25-14)28-11-10-22-20(27)29-21(2,3)4/h5-9,12-13H,10-11H2,1-4H3,(H,22,27)(H,23,24,25,26). The first kappa shape index (κ1) is 21.5. The van der Waals surface area contributed by atoms with Gasteiger partial charge in [-0.2, -0.15) is 4.98 Å². The summed E-state index contributed by atoms with van der Waals surface area (Å²) in [5.74, 6) is 1.57. The van der Waals surface area contributed by atoms with Crippen LogP contribution in [0.15, 0.2) is 42.6 Å². The number of carbonyl (C=O) groups is 1. The zero-order valence-electron chi connectivity index (χ0n) is 17.4. The summed E-state index contributed by atoms with van der Waals surface area (Å²) in [5.41, 5.74) is 0.578. The minimum absolute atomic E-state index is 0.255. The van der Waals surface area contributed by atoms with Crippen LogP contribution in [-0.4, -0.2) is 39.8 Å². The van der Waals surface area contributed by atoms with E-state index in [2.05, 4.69) is 25.6 Å². The maximum atomic E-state index is 11.7. The summed E-state index contributed by atoms with van der Waals surface area (Å²) in [7, 11) is 0. The average molecular weight is 428 g/mol. The number of nitrogens with zero attached hydrogens (tertiary/aromatic N) is 3. The number of benzene rings is 1. The molecule has 0 aliphatic carbocycles. The van der Waals surface area contributed by atoms with E-state index in [4.69, 9.17) is 9.47 Å². The second-order valence-electron chi connectivity index (χ2n) is 7.44. The Labute approximate surface area is 179 Å². The van der Waals surface area contributed by atoms with Gasteiger partial charge in [0.1, 0.15) is 23.9 Å². The van der Waals surface area contributed by atoms with Gasteiger partial charge in [-0.25, -0.2) is 14.8 Å². The summed E-state index contributed by atoms with van der Waals surface area (Å²) >= 11 is 1.54. The molecule has 0 atom stereocenters. The topological polar surface area (TPSA) is 98.3 Å². The van der Waals surface area contributed by atoms with Gasteiger partial charge >= 0.3 is 6.09 Å². The van der Waals surface area contributed by atoms with E-state index < -0.39 is 11.7 Å². The number of amides is 1. The first-order chi connectivity index (χ1) is 14.3. The van der Waals surface area contributed by atoms with Gasteiger partial charge in [0.15, 0.2) is 5.13 Å². The van der Waals surface area contributed by atoms with Crippen molar-refractivity contribution >= 4 is 28.4 Å². The molecule has 0 bridgehead atoms. The Hall–Kier alpha value is -3.20. The lowest BCUT2D eigenvalue weighted by molar-refractivity contribution is 0.0520. The highest BCUT2D eigenvalue weighted by atomic mass is 32.1. The van der Waals surface area contributed by atoms with E-state index >= 15 is 0 Å². The van der Waals surface area contributed by atoms with Crippen molar-refractivity contribution in [2.24, 2.45) is 0 Å². The van der Waals surface area contributed by atoms with E-state index in [1.165, 1.54) is 11.3 Å². The van der Waals surface area contributed by atoms with Crippen LogP contribution in [0.1, 0.15) is 26.6 Å². The van der Waals surface area contributed by atoms with Crippen molar-refractivity contribution in [1.29, 1.82) is 0 Å². The van der Waals surface area contributed by atoms with E-state index in [9.17, 15) is 4.79 Å². The number of aryl methyl sites for hydroxylation is 1. The fraction of sp³-hybridized carbons (Fsp3) is 0.333. The summed E-state index contributed by atoms with van der Waals surface area (Å²) in [4.78, 5) is 25.8. The van der Waals surface area contributed by atoms with Gasteiger partial charge in [-0.1, -0.05) is 41.7 Å². The molecule has 2 aromatic heterocycles. The molecule has 1 aromatic carbocycles. The quantitative estimate of drug-likeness (QED) is 0.534. The molecule has 0 saturated heterocycles. The van der Waals surface area contributed by atoms with Gasteiger partial charge < -0.3 is 20.1 Å². The second kappa shape index (κ2) is 9.53. The van der Waals surface area contributed by atoms with Gasteiger partial charge in [0.2, 0.25) is 5.88 Å². The number of hydrogen-bond donors (Lipinski definition) is 2. The van der Waals surface area contributed by atoms with Crippen molar-refractivity contribution in [3.05, 3.63) is 48.4 Å². The Bertz CT molecular complexity index is 986. The van der Waals surface area contributed by atoms with Crippen molar-refractivity contribution in [2.45, 2.75) is 33.3 Å². The Morgan fingerprint density at radius 1 is 1.17 bits per heavy atom. The third-order valence-corrected chi connectivity index (χ3v) is 4.60. The summed E-state index contributed by atoms with van der Waals surface area (Å²) in [6.07, 6.45) is 1.35. The largest absolute Gasteiger partial charge is 0.476 e. The molecule has 3 aromatic rings. The fourth-order valence-corrected chi connectivity index (χ4v) is 3.31. The number of thiazole rings is 1. The van der Waals surface area contributed by atoms with Gasteiger partial charge in [0, 0.05) is 12.3 Å². The molecular weight excluding hydrogens is 402 g/mol. The third kappa shape index (κ3) is 6.70. The number of ether oxygens (including phenoxy) is 2. The van der Waals surface area contributed by atoms with Crippen LogP contribution in [0.5, 0.6) is 5.88 Å². The molecule has 0 aliphatic heterocycles. The van der Waals surface area contributed by atoms with Crippen LogP contribution in [0.4, 0.5) is 15.7 Å². The van der Waals surface area contributed by atoms with Gasteiger partial charge in [0.05, 0.1) is 11.4 Å². The lowest BCUT2D eigenvalue weighted by atomic mass is 10.2. The number of rotatable bonds is 7. The smallest absolute Gasteiger partial charge is 0.407 e. The highest BCUT2D eigenvalue weighted by molar-refractivity contribution is 7.18. The molecule has 0 aliphatic rings. The van der Waals surface area contributed by atoms with Gasteiger partial charge in [0.25, 0.3) is 0 Å². The second-order valence-corrected chi connectivity index (χ2v) is 8.47. The number of carbonyl (C=O) groups excluding carboxylic acids is 1. The monoisotopic (exact) mass is 427 g/mol. The SMILES string of the molecule is Cc1nc(Nc2ncc(-c3ccccc3)s2)cc(OCCNC(=O)OC(C)(C)C)n1. The Balaban J connectivity index is 1.55. The van der Waals surface area contributed by atoms with E-state index in [0.29, 0.717) is 24.1 Å². The van der Waals surface area contributed by atoms with Crippen LogP contribution in [0, 0.1) is 6.92 Å². The van der Waals surface area contributed by atoms with Crippen LogP contribution in [0.25, 0.3) is 10.4 Å². The van der Waals surface area contributed by atoms with Crippen molar-refractivity contribution in [1.82, 2.24) is 20.3 Å². The number of aromatic nitrogens is 3. The van der Waals surface area contributed by atoms with Crippen molar-refractivity contribution in [3.8, 4) is 16.3 Å². The van der Waals surface area contributed by atoms with Crippen LogP contribution in [0.2, 0.25) is 0 Å². The van der Waals surface area contributed by atoms with Crippen molar-refractivity contribution in [3.63, 3.8) is 0 Å². The zero-order valence-corrected chi connectivity index (χ0v) is 18.2. The maximum absolute atomic E-state index is 11.7. The highest BCUT2D eigenvalue weighted by Gasteiger charge is 2.15. The first-order valence-electron chi connectivity index (χ1n) is 9.52. The van der Waals surface area contributed by atoms with Crippen LogP contribution in [-0.2, 0) is 4.74 Å². The van der Waals surface area contributed by atoms with Crippen LogP contribution >= 0.6 is 11.3 Å². The summed E-state index contributed by atoms with van der Waals surface area (Å²) in [6, 6.07) is 11.8. The third-order valence-electron chi connectivity index (χ3n) is 3.63. The molecule has 0 spiro atoms.